The van der Waals surface area contributed by atoms with Gasteiger partial charge in [-0.05, 0) is 12.5 Å². The van der Waals surface area contributed by atoms with Crippen molar-refractivity contribution < 1.29 is 19.2 Å². The van der Waals surface area contributed by atoms with Crippen molar-refractivity contribution in [1.29, 1.82) is 0 Å². The van der Waals surface area contributed by atoms with E-state index in [1.54, 1.807) is 0 Å². The maximum Gasteiger partial charge on any atom is 0.336 e. The minimum atomic E-state index is -1.78. The summed E-state index contributed by atoms with van der Waals surface area (Å²) in [5.41, 5.74) is 4.74. The molecule has 6 heteroatoms. The number of ether oxygens (including phenoxy) is 1. The van der Waals surface area contributed by atoms with E-state index in [0.717, 1.165) is 10.6 Å². The summed E-state index contributed by atoms with van der Waals surface area (Å²) in [5, 5.41) is 0.893. The molecule has 0 spiro atoms. The van der Waals surface area contributed by atoms with Gasteiger partial charge in [-0.15, -0.1) is 0 Å². The predicted molar refractivity (Wildman–Crippen MR) is 68.6 cm³/mol. The molecule has 0 saturated carbocycles. The summed E-state index contributed by atoms with van der Waals surface area (Å²) in [7, 11) is 2.68. The topological polar surface area (TPSA) is 81.9 Å². The van der Waals surface area contributed by atoms with Crippen LogP contribution in [0, 0.1) is 0 Å². The Morgan fingerprint density at radius 1 is 1.32 bits per heavy atom. The van der Waals surface area contributed by atoms with Gasteiger partial charge in [0.25, 0.3) is 5.91 Å². The number of hydrogen-bond acceptors (Lipinski definition) is 5. The molecule has 1 unspecified atom stereocenters. The second kappa shape index (κ2) is 6.31. The maximum absolute atomic E-state index is 11.8. The van der Waals surface area contributed by atoms with Crippen molar-refractivity contribution in [2.24, 2.45) is 5.73 Å². The third kappa shape index (κ3) is 3.77. The molecule has 1 aromatic carbocycles. The first-order chi connectivity index (χ1) is 8.89. The first-order valence-corrected chi connectivity index (χ1v) is 5.72. The van der Waals surface area contributed by atoms with Crippen molar-refractivity contribution in [3.05, 3.63) is 35.9 Å². The minimum Gasteiger partial charge on any atom is -0.459 e. The predicted octanol–water partition coefficient (Wildman–Crippen LogP) is 0.467. The van der Waals surface area contributed by atoms with Gasteiger partial charge in [-0.2, -0.15) is 0 Å². The lowest BCUT2D eigenvalue weighted by molar-refractivity contribution is -0.180. The Morgan fingerprint density at radius 2 is 1.89 bits per heavy atom. The summed E-state index contributed by atoms with van der Waals surface area (Å²) in [6, 6.07) is 9.13. The fraction of sp³-hybridized carbons (Fsp3) is 0.385. The van der Waals surface area contributed by atoms with Gasteiger partial charge in [0.2, 0.25) is 0 Å². The average molecular weight is 266 g/mol. The number of hydroxylamine groups is 2. The molecule has 0 aliphatic carbocycles. The van der Waals surface area contributed by atoms with Crippen molar-refractivity contribution in [2.75, 3.05) is 14.2 Å². The van der Waals surface area contributed by atoms with E-state index < -0.39 is 17.4 Å². The lowest BCUT2D eigenvalue weighted by atomic mass is 10.0. The summed E-state index contributed by atoms with van der Waals surface area (Å²) in [6.45, 7) is 1.36. The molecule has 0 radical (unpaired) electrons. The van der Waals surface area contributed by atoms with E-state index in [1.165, 1.54) is 21.1 Å². The third-order valence-corrected chi connectivity index (χ3v) is 2.64. The summed E-state index contributed by atoms with van der Waals surface area (Å²) in [4.78, 5) is 28.4. The van der Waals surface area contributed by atoms with Crippen LogP contribution in [0.4, 0.5) is 0 Å². The lowest BCUT2D eigenvalue weighted by Gasteiger charge is -2.25. The van der Waals surface area contributed by atoms with E-state index in [4.69, 9.17) is 15.3 Å². The Morgan fingerprint density at radius 3 is 2.42 bits per heavy atom. The summed E-state index contributed by atoms with van der Waals surface area (Å²) in [5.74, 6) is -1.47. The average Bonchev–Trinajstić information content (AvgIpc) is 2.43. The Bertz CT molecular complexity index is 445. The van der Waals surface area contributed by atoms with Crippen LogP contribution in [-0.4, -0.2) is 36.6 Å². The first-order valence-electron chi connectivity index (χ1n) is 5.72. The monoisotopic (exact) mass is 266 g/mol. The molecule has 2 N–H and O–H groups in total. The Balaban J connectivity index is 2.64. The van der Waals surface area contributed by atoms with Gasteiger partial charge in [0.1, 0.15) is 6.61 Å². The van der Waals surface area contributed by atoms with Crippen molar-refractivity contribution in [3.8, 4) is 0 Å². The van der Waals surface area contributed by atoms with Crippen molar-refractivity contribution in [3.63, 3.8) is 0 Å². The fourth-order valence-corrected chi connectivity index (χ4v) is 1.37. The number of carbonyl (C=O) groups excluding carboxylic acids is 2. The number of rotatable bonds is 5. The van der Waals surface area contributed by atoms with Gasteiger partial charge < -0.3 is 10.5 Å². The molecule has 104 valence electrons. The van der Waals surface area contributed by atoms with Gasteiger partial charge in [0.05, 0.1) is 7.11 Å². The molecular weight excluding hydrogens is 248 g/mol. The Hall–Kier alpha value is -1.92. The highest BCUT2D eigenvalue weighted by atomic mass is 16.7. The second-order valence-corrected chi connectivity index (χ2v) is 4.25. The molecule has 1 atom stereocenters. The Labute approximate surface area is 112 Å². The number of carbonyl (C=O) groups is 2. The number of nitrogens with zero attached hydrogens (tertiary/aromatic N) is 1. The van der Waals surface area contributed by atoms with E-state index in [0.29, 0.717) is 0 Å². The highest BCUT2D eigenvalue weighted by Crippen LogP contribution is 2.09. The highest BCUT2D eigenvalue weighted by Gasteiger charge is 2.41. The number of likely N-dealkylation sites (N-methyl/N-ethyl adjacent to an activating group) is 1. The standard InChI is InChI=1S/C13H18N2O4/c1-13(14,11(16)15(2)18-3)12(17)19-9-10-7-5-4-6-8-10/h4-8H,9,14H2,1-3H3. The van der Waals surface area contributed by atoms with Gasteiger partial charge in [0.15, 0.2) is 5.54 Å². The minimum absolute atomic E-state index is 0.0659. The number of amides is 1. The molecule has 1 rings (SSSR count). The molecular formula is C13H18N2O4. The number of benzene rings is 1. The summed E-state index contributed by atoms with van der Waals surface area (Å²) >= 11 is 0. The molecule has 6 nitrogen and oxygen atoms in total. The fourth-order valence-electron chi connectivity index (χ4n) is 1.37. The van der Waals surface area contributed by atoms with Crippen LogP contribution in [0.3, 0.4) is 0 Å². The molecule has 1 aromatic rings. The molecule has 19 heavy (non-hydrogen) atoms. The Kier molecular flexibility index (Phi) is 5.02. The largest absolute Gasteiger partial charge is 0.459 e. The van der Waals surface area contributed by atoms with E-state index >= 15 is 0 Å². The number of hydrogen-bond donors (Lipinski definition) is 1. The second-order valence-electron chi connectivity index (χ2n) is 4.25. The van der Waals surface area contributed by atoms with E-state index in [1.807, 2.05) is 30.3 Å². The van der Waals surface area contributed by atoms with Crippen LogP contribution in [0.15, 0.2) is 30.3 Å². The van der Waals surface area contributed by atoms with Gasteiger partial charge in [-0.25, -0.2) is 9.86 Å². The number of esters is 1. The van der Waals surface area contributed by atoms with Crippen LogP contribution in [0.5, 0.6) is 0 Å². The quantitative estimate of drug-likeness (QED) is 0.476. The van der Waals surface area contributed by atoms with E-state index in [9.17, 15) is 9.59 Å². The van der Waals surface area contributed by atoms with Gasteiger partial charge in [-0.3, -0.25) is 9.63 Å². The van der Waals surface area contributed by atoms with E-state index in [2.05, 4.69) is 0 Å². The molecule has 0 aliphatic heterocycles. The molecule has 0 aliphatic rings. The van der Waals surface area contributed by atoms with Crippen LogP contribution >= 0.6 is 0 Å². The highest BCUT2D eigenvalue weighted by molar-refractivity contribution is 6.06. The molecule has 0 aromatic heterocycles. The summed E-state index contributed by atoms with van der Waals surface area (Å²) < 4.78 is 5.04. The van der Waals surface area contributed by atoms with Crippen LogP contribution in [0.2, 0.25) is 0 Å². The van der Waals surface area contributed by atoms with Crippen molar-refractivity contribution in [2.45, 2.75) is 19.1 Å². The zero-order chi connectivity index (χ0) is 14.5. The van der Waals surface area contributed by atoms with Gasteiger partial charge in [0, 0.05) is 7.05 Å². The normalized spacial score (nSPS) is 13.5. The molecule has 1 amide bonds. The molecule has 0 fully saturated rings. The van der Waals surface area contributed by atoms with Gasteiger partial charge >= 0.3 is 5.97 Å². The van der Waals surface area contributed by atoms with Crippen molar-refractivity contribution >= 4 is 11.9 Å². The zero-order valence-electron chi connectivity index (χ0n) is 11.3. The lowest BCUT2D eigenvalue weighted by Crippen LogP contribution is -2.58. The number of nitrogens with two attached hydrogens (primary N) is 1. The van der Waals surface area contributed by atoms with Crippen LogP contribution in [-0.2, 0) is 25.8 Å². The van der Waals surface area contributed by atoms with Crippen LogP contribution in [0.25, 0.3) is 0 Å². The van der Waals surface area contributed by atoms with E-state index in [-0.39, 0.29) is 6.61 Å². The van der Waals surface area contributed by atoms with Crippen molar-refractivity contribution in [1.82, 2.24) is 5.06 Å². The maximum atomic E-state index is 11.8. The van der Waals surface area contributed by atoms with Crippen LogP contribution < -0.4 is 5.73 Å². The smallest absolute Gasteiger partial charge is 0.336 e. The molecule has 0 bridgehead atoms. The SMILES string of the molecule is CON(C)C(=O)C(C)(N)C(=O)OCc1ccccc1. The molecule has 0 saturated heterocycles. The zero-order valence-corrected chi connectivity index (χ0v) is 11.3. The first kappa shape index (κ1) is 15.1. The van der Waals surface area contributed by atoms with Crippen LogP contribution in [0.1, 0.15) is 12.5 Å². The van der Waals surface area contributed by atoms with Gasteiger partial charge in [-0.1, -0.05) is 30.3 Å². The third-order valence-electron chi connectivity index (χ3n) is 2.64. The summed E-state index contributed by atoms with van der Waals surface area (Å²) in [6.07, 6.45) is 0. The molecule has 0 heterocycles.